The van der Waals surface area contributed by atoms with Gasteiger partial charge >= 0.3 is 0 Å². The molecule has 108 valence electrons. The molecule has 0 aliphatic carbocycles. The second kappa shape index (κ2) is 6.16. The number of nitrogens with two attached hydrogens (primary N) is 1. The molecule has 0 fully saturated rings. The summed E-state index contributed by atoms with van der Waals surface area (Å²) in [5.41, 5.74) is 8.60. The van der Waals surface area contributed by atoms with E-state index < -0.39 is 0 Å². The molecule has 0 amide bonds. The fraction of sp³-hybridized carbons (Fsp3) is 0.333. The Hall–Kier alpha value is -1.04. The van der Waals surface area contributed by atoms with Gasteiger partial charge in [-0.15, -0.1) is 11.3 Å². The first-order chi connectivity index (χ1) is 9.47. The van der Waals surface area contributed by atoms with Crippen LogP contribution in [0.3, 0.4) is 0 Å². The predicted octanol–water partition coefficient (Wildman–Crippen LogP) is 4.19. The molecule has 0 saturated carbocycles. The highest BCUT2D eigenvalue weighted by molar-refractivity contribution is 9.10. The Bertz CT molecular complexity index is 605. The van der Waals surface area contributed by atoms with Gasteiger partial charge in [-0.25, -0.2) is 0 Å². The lowest BCUT2D eigenvalue weighted by molar-refractivity contribution is 0.395. The van der Waals surface area contributed by atoms with Crippen molar-refractivity contribution in [2.75, 3.05) is 14.2 Å². The molecule has 2 aromatic rings. The minimum atomic E-state index is -0.218. The van der Waals surface area contributed by atoms with Crippen molar-refractivity contribution in [3.8, 4) is 11.5 Å². The van der Waals surface area contributed by atoms with Gasteiger partial charge in [0.25, 0.3) is 0 Å². The van der Waals surface area contributed by atoms with Crippen LogP contribution in [0.2, 0.25) is 0 Å². The molecule has 0 spiro atoms. The number of aryl methyl sites for hydroxylation is 2. The van der Waals surface area contributed by atoms with Crippen LogP contribution in [0.1, 0.15) is 26.9 Å². The molecule has 0 bridgehead atoms. The van der Waals surface area contributed by atoms with Crippen LogP contribution in [0.15, 0.2) is 22.7 Å². The lowest BCUT2D eigenvalue weighted by Gasteiger charge is -2.17. The monoisotopic (exact) mass is 355 g/mol. The van der Waals surface area contributed by atoms with Gasteiger partial charge in [-0.05, 0) is 53.5 Å². The number of halogens is 1. The molecule has 2 rings (SSSR count). The number of ether oxygens (including phenoxy) is 2. The van der Waals surface area contributed by atoms with Crippen LogP contribution < -0.4 is 15.2 Å². The molecule has 1 unspecified atom stereocenters. The molecule has 0 radical (unpaired) electrons. The van der Waals surface area contributed by atoms with Crippen LogP contribution in [0, 0.1) is 13.8 Å². The molecule has 3 nitrogen and oxygen atoms in total. The second-order valence-electron chi connectivity index (χ2n) is 4.59. The van der Waals surface area contributed by atoms with E-state index in [1.54, 1.807) is 25.6 Å². The largest absolute Gasteiger partial charge is 0.496 e. The molecule has 0 aliphatic rings. The van der Waals surface area contributed by atoms with Crippen LogP contribution in [0.25, 0.3) is 0 Å². The molecule has 2 N–H and O–H groups in total. The van der Waals surface area contributed by atoms with Gasteiger partial charge < -0.3 is 15.2 Å². The topological polar surface area (TPSA) is 44.5 Å². The minimum absolute atomic E-state index is 0.218. The van der Waals surface area contributed by atoms with E-state index in [4.69, 9.17) is 15.2 Å². The molecule has 1 heterocycles. The summed E-state index contributed by atoms with van der Waals surface area (Å²) in [6, 6.07) is 5.74. The Balaban J connectivity index is 2.49. The van der Waals surface area contributed by atoms with Crippen molar-refractivity contribution in [2.24, 2.45) is 5.73 Å². The van der Waals surface area contributed by atoms with E-state index in [0.29, 0.717) is 0 Å². The van der Waals surface area contributed by atoms with Gasteiger partial charge in [0, 0.05) is 15.3 Å². The third-order valence-electron chi connectivity index (χ3n) is 3.33. The van der Waals surface area contributed by atoms with E-state index in [1.165, 1.54) is 10.4 Å². The third kappa shape index (κ3) is 2.85. The van der Waals surface area contributed by atoms with Gasteiger partial charge in [0.15, 0.2) is 0 Å². The fourth-order valence-corrected chi connectivity index (χ4v) is 3.58. The van der Waals surface area contributed by atoms with Crippen molar-refractivity contribution in [1.82, 2.24) is 0 Å². The highest BCUT2D eigenvalue weighted by Crippen LogP contribution is 2.39. The molecule has 0 saturated heterocycles. The number of methoxy groups -OCH3 is 2. The minimum Gasteiger partial charge on any atom is -0.496 e. The second-order valence-corrected chi connectivity index (χ2v) is 6.74. The summed E-state index contributed by atoms with van der Waals surface area (Å²) >= 11 is 5.18. The van der Waals surface area contributed by atoms with Crippen LogP contribution in [-0.4, -0.2) is 14.2 Å². The third-order valence-corrected chi connectivity index (χ3v) is 5.19. The van der Waals surface area contributed by atoms with Crippen LogP contribution in [0.4, 0.5) is 0 Å². The van der Waals surface area contributed by atoms with Gasteiger partial charge in [0.05, 0.1) is 24.7 Å². The van der Waals surface area contributed by atoms with Crippen molar-refractivity contribution >= 4 is 27.3 Å². The molecule has 1 aromatic heterocycles. The number of rotatable bonds is 4. The summed E-state index contributed by atoms with van der Waals surface area (Å²) in [6.07, 6.45) is 0. The number of benzene rings is 1. The van der Waals surface area contributed by atoms with E-state index in [0.717, 1.165) is 26.4 Å². The van der Waals surface area contributed by atoms with Gasteiger partial charge in [-0.2, -0.15) is 0 Å². The zero-order chi connectivity index (χ0) is 14.9. The summed E-state index contributed by atoms with van der Waals surface area (Å²) < 4.78 is 11.6. The summed E-state index contributed by atoms with van der Waals surface area (Å²) in [7, 11) is 3.29. The highest BCUT2D eigenvalue weighted by Gasteiger charge is 2.19. The van der Waals surface area contributed by atoms with Gasteiger partial charge in [0.2, 0.25) is 0 Å². The van der Waals surface area contributed by atoms with Crippen molar-refractivity contribution in [1.29, 1.82) is 0 Å². The van der Waals surface area contributed by atoms with Crippen molar-refractivity contribution < 1.29 is 9.47 Å². The molecule has 5 heteroatoms. The van der Waals surface area contributed by atoms with E-state index >= 15 is 0 Å². The zero-order valence-electron chi connectivity index (χ0n) is 12.0. The Morgan fingerprint density at radius 1 is 1.10 bits per heavy atom. The maximum absolute atomic E-state index is 6.41. The predicted molar refractivity (Wildman–Crippen MR) is 87.1 cm³/mol. The van der Waals surface area contributed by atoms with Crippen molar-refractivity contribution in [3.63, 3.8) is 0 Å². The lowest BCUT2D eigenvalue weighted by atomic mass is 10.0. The fourth-order valence-electron chi connectivity index (χ4n) is 2.04. The van der Waals surface area contributed by atoms with E-state index in [-0.39, 0.29) is 6.04 Å². The Morgan fingerprint density at radius 3 is 2.25 bits per heavy atom. The first-order valence-electron chi connectivity index (χ1n) is 6.21. The van der Waals surface area contributed by atoms with E-state index in [9.17, 15) is 0 Å². The average Bonchev–Trinajstić information content (AvgIpc) is 2.77. The standard InChI is InChI=1S/C15H18BrNO2S/c1-8-5-14(20-9(8)2)15(17)10-6-13(19-4)11(16)7-12(10)18-3/h5-7,15H,17H2,1-4H3. The SMILES string of the molecule is COc1cc(C(N)c2cc(C)c(C)s2)c(OC)cc1Br. The van der Waals surface area contributed by atoms with Crippen LogP contribution >= 0.6 is 27.3 Å². The van der Waals surface area contributed by atoms with Gasteiger partial charge in [-0.1, -0.05) is 0 Å². The molecule has 1 aromatic carbocycles. The number of thiophene rings is 1. The summed E-state index contributed by atoms with van der Waals surface area (Å²) in [6.45, 7) is 4.21. The Labute approximate surface area is 131 Å². The molecule has 0 aliphatic heterocycles. The van der Waals surface area contributed by atoms with Gasteiger partial charge in [-0.3, -0.25) is 0 Å². The zero-order valence-corrected chi connectivity index (χ0v) is 14.4. The smallest absolute Gasteiger partial charge is 0.133 e. The van der Waals surface area contributed by atoms with Crippen LogP contribution in [0.5, 0.6) is 11.5 Å². The maximum atomic E-state index is 6.41. The highest BCUT2D eigenvalue weighted by atomic mass is 79.9. The first kappa shape index (κ1) is 15.4. The van der Waals surface area contributed by atoms with Crippen molar-refractivity contribution in [3.05, 3.63) is 43.6 Å². The van der Waals surface area contributed by atoms with E-state index in [2.05, 4.69) is 35.8 Å². The maximum Gasteiger partial charge on any atom is 0.133 e. The van der Waals surface area contributed by atoms with E-state index in [1.807, 2.05) is 12.1 Å². The summed E-state index contributed by atoms with van der Waals surface area (Å²) in [5.74, 6) is 1.51. The normalized spacial score (nSPS) is 12.3. The molecule has 20 heavy (non-hydrogen) atoms. The van der Waals surface area contributed by atoms with Crippen LogP contribution in [-0.2, 0) is 0 Å². The number of hydrogen-bond acceptors (Lipinski definition) is 4. The average molecular weight is 356 g/mol. The van der Waals surface area contributed by atoms with Gasteiger partial charge in [0.1, 0.15) is 11.5 Å². The quantitative estimate of drug-likeness (QED) is 0.893. The van der Waals surface area contributed by atoms with Crippen molar-refractivity contribution in [2.45, 2.75) is 19.9 Å². The molecular weight excluding hydrogens is 338 g/mol. The molecular formula is C15H18BrNO2S. The summed E-state index contributed by atoms with van der Waals surface area (Å²) in [4.78, 5) is 2.42. The first-order valence-corrected chi connectivity index (χ1v) is 7.82. The lowest BCUT2D eigenvalue weighted by Crippen LogP contribution is -2.12. The number of hydrogen-bond donors (Lipinski definition) is 1. The Kier molecular flexibility index (Phi) is 4.73. The molecule has 1 atom stereocenters. The summed E-state index contributed by atoms with van der Waals surface area (Å²) in [5, 5.41) is 0. The Morgan fingerprint density at radius 2 is 1.75 bits per heavy atom.